The van der Waals surface area contributed by atoms with Gasteiger partial charge in [0.2, 0.25) is 0 Å². The van der Waals surface area contributed by atoms with Gasteiger partial charge in [-0.1, -0.05) is 19.1 Å². The van der Waals surface area contributed by atoms with Crippen molar-refractivity contribution in [2.45, 2.75) is 53.1 Å². The summed E-state index contributed by atoms with van der Waals surface area (Å²) in [7, 11) is 0. The normalized spacial score (nSPS) is 12.1. The number of para-hydroxylation sites is 1. The number of benzene rings is 1. The molecule has 0 atom stereocenters. The van der Waals surface area contributed by atoms with Crippen LogP contribution in [0.5, 0.6) is 5.75 Å². The molecule has 3 heteroatoms. The smallest absolute Gasteiger partial charge is 0.176 e. The van der Waals surface area contributed by atoms with Crippen molar-refractivity contribution in [1.29, 1.82) is 0 Å². The molecule has 1 heterocycles. The number of hydrogen-bond acceptors (Lipinski definition) is 3. The Labute approximate surface area is 121 Å². The first kappa shape index (κ1) is 14.9. The summed E-state index contributed by atoms with van der Waals surface area (Å²) in [6, 6.07) is 6.11. The van der Waals surface area contributed by atoms with Crippen LogP contribution in [0.25, 0.3) is 11.0 Å². The lowest BCUT2D eigenvalue weighted by molar-refractivity contribution is 0.335. The third kappa shape index (κ3) is 3.15. The maximum Gasteiger partial charge on any atom is 0.176 e. The van der Waals surface area contributed by atoms with Crippen LogP contribution in [0, 0.1) is 0 Å². The van der Waals surface area contributed by atoms with E-state index in [1.165, 1.54) is 10.9 Å². The fourth-order valence-corrected chi connectivity index (χ4v) is 2.34. The first-order valence-corrected chi connectivity index (χ1v) is 7.37. The van der Waals surface area contributed by atoms with E-state index in [0.29, 0.717) is 6.61 Å². The van der Waals surface area contributed by atoms with Gasteiger partial charge in [0.15, 0.2) is 11.3 Å². The SMILES string of the molecule is CCOc1cccc2c(CC)c(CNC(C)(C)C)oc12. The zero-order chi connectivity index (χ0) is 14.8. The Balaban J connectivity index is 2.42. The van der Waals surface area contributed by atoms with Crippen molar-refractivity contribution in [3.8, 4) is 5.75 Å². The largest absolute Gasteiger partial charge is 0.490 e. The first-order chi connectivity index (χ1) is 9.46. The van der Waals surface area contributed by atoms with Crippen LogP contribution in [-0.4, -0.2) is 12.1 Å². The van der Waals surface area contributed by atoms with Gasteiger partial charge in [0.25, 0.3) is 0 Å². The molecule has 0 aliphatic rings. The number of hydrogen-bond donors (Lipinski definition) is 1. The van der Waals surface area contributed by atoms with E-state index >= 15 is 0 Å². The van der Waals surface area contributed by atoms with E-state index in [1.807, 2.05) is 19.1 Å². The zero-order valence-electron chi connectivity index (χ0n) is 13.2. The maximum absolute atomic E-state index is 6.08. The molecule has 0 radical (unpaired) electrons. The molecule has 1 N–H and O–H groups in total. The van der Waals surface area contributed by atoms with E-state index in [-0.39, 0.29) is 5.54 Å². The second-order valence-electron chi connectivity index (χ2n) is 6.03. The predicted molar refractivity (Wildman–Crippen MR) is 83.4 cm³/mol. The molecule has 0 unspecified atom stereocenters. The highest BCUT2D eigenvalue weighted by molar-refractivity contribution is 5.87. The molecule has 20 heavy (non-hydrogen) atoms. The van der Waals surface area contributed by atoms with Gasteiger partial charge in [-0.2, -0.15) is 0 Å². The summed E-state index contributed by atoms with van der Waals surface area (Å²) in [5, 5.41) is 4.66. The van der Waals surface area contributed by atoms with Crippen LogP contribution in [0.4, 0.5) is 0 Å². The highest BCUT2D eigenvalue weighted by Crippen LogP contribution is 2.33. The number of aryl methyl sites for hydroxylation is 1. The third-order valence-corrected chi connectivity index (χ3v) is 3.30. The van der Waals surface area contributed by atoms with Crippen LogP contribution >= 0.6 is 0 Å². The van der Waals surface area contributed by atoms with Crippen LogP contribution < -0.4 is 10.1 Å². The lowest BCUT2D eigenvalue weighted by Gasteiger charge is -2.19. The van der Waals surface area contributed by atoms with E-state index in [4.69, 9.17) is 9.15 Å². The number of furan rings is 1. The molecule has 0 bridgehead atoms. The highest BCUT2D eigenvalue weighted by atomic mass is 16.5. The first-order valence-electron chi connectivity index (χ1n) is 7.37. The monoisotopic (exact) mass is 275 g/mol. The summed E-state index contributed by atoms with van der Waals surface area (Å²) in [5.74, 6) is 1.85. The quantitative estimate of drug-likeness (QED) is 0.884. The minimum atomic E-state index is 0.0761. The van der Waals surface area contributed by atoms with E-state index in [0.717, 1.165) is 30.1 Å². The summed E-state index contributed by atoms with van der Waals surface area (Å²) in [4.78, 5) is 0. The van der Waals surface area contributed by atoms with Gasteiger partial charge < -0.3 is 14.5 Å². The molecule has 0 fully saturated rings. The van der Waals surface area contributed by atoms with Crippen LogP contribution in [0.15, 0.2) is 22.6 Å². The predicted octanol–water partition coefficient (Wildman–Crippen LogP) is 4.28. The fraction of sp³-hybridized carbons (Fsp3) is 0.529. The summed E-state index contributed by atoms with van der Waals surface area (Å²) in [6.45, 7) is 12.0. The number of nitrogens with one attached hydrogen (secondary N) is 1. The molecule has 0 saturated carbocycles. The van der Waals surface area contributed by atoms with Gasteiger partial charge in [0.05, 0.1) is 13.2 Å². The van der Waals surface area contributed by atoms with Crippen molar-refractivity contribution in [2.75, 3.05) is 6.61 Å². The molecule has 0 aliphatic heterocycles. The van der Waals surface area contributed by atoms with E-state index in [1.54, 1.807) is 0 Å². The van der Waals surface area contributed by atoms with Gasteiger partial charge >= 0.3 is 0 Å². The molecule has 0 spiro atoms. The van der Waals surface area contributed by atoms with E-state index in [9.17, 15) is 0 Å². The molecule has 110 valence electrons. The van der Waals surface area contributed by atoms with Crippen molar-refractivity contribution < 1.29 is 9.15 Å². The number of ether oxygens (including phenoxy) is 1. The van der Waals surface area contributed by atoms with Crippen LogP contribution in [0.3, 0.4) is 0 Å². The highest BCUT2D eigenvalue weighted by Gasteiger charge is 2.17. The topological polar surface area (TPSA) is 34.4 Å². The van der Waals surface area contributed by atoms with Crippen molar-refractivity contribution in [3.05, 3.63) is 29.5 Å². The van der Waals surface area contributed by atoms with Crippen molar-refractivity contribution >= 4 is 11.0 Å². The standard InChI is InChI=1S/C17H25NO2/c1-6-12-13-9-8-10-14(19-7-2)16(13)20-15(12)11-18-17(3,4)5/h8-10,18H,6-7,11H2,1-5H3. The molecule has 0 amide bonds. The molecule has 0 aliphatic carbocycles. The molecular formula is C17H25NO2. The summed E-state index contributed by atoms with van der Waals surface area (Å²) in [6.07, 6.45) is 0.962. The van der Waals surface area contributed by atoms with Gasteiger partial charge in [-0.15, -0.1) is 0 Å². The van der Waals surface area contributed by atoms with E-state index in [2.05, 4.69) is 39.1 Å². The van der Waals surface area contributed by atoms with Gasteiger partial charge in [-0.25, -0.2) is 0 Å². The van der Waals surface area contributed by atoms with Crippen LogP contribution in [0.2, 0.25) is 0 Å². The number of rotatable bonds is 5. The Morgan fingerprint density at radius 1 is 1.20 bits per heavy atom. The van der Waals surface area contributed by atoms with Crippen molar-refractivity contribution in [3.63, 3.8) is 0 Å². The summed E-state index contributed by atoms with van der Waals surface area (Å²) in [5.41, 5.74) is 2.22. The molecule has 1 aromatic heterocycles. The fourth-order valence-electron chi connectivity index (χ4n) is 2.34. The van der Waals surface area contributed by atoms with Gasteiger partial charge in [-0.3, -0.25) is 0 Å². The Hall–Kier alpha value is -1.48. The van der Waals surface area contributed by atoms with E-state index < -0.39 is 0 Å². The third-order valence-electron chi connectivity index (χ3n) is 3.30. The molecule has 1 aromatic carbocycles. The average Bonchev–Trinajstić information content (AvgIpc) is 2.74. The zero-order valence-corrected chi connectivity index (χ0v) is 13.2. The van der Waals surface area contributed by atoms with Gasteiger partial charge in [-0.05, 0) is 40.2 Å². The van der Waals surface area contributed by atoms with Gasteiger partial charge in [0, 0.05) is 16.5 Å². The Morgan fingerprint density at radius 3 is 2.55 bits per heavy atom. The molecule has 2 aromatic rings. The Bertz CT molecular complexity index is 578. The minimum Gasteiger partial charge on any atom is -0.490 e. The lowest BCUT2D eigenvalue weighted by atomic mass is 10.1. The molecule has 2 rings (SSSR count). The van der Waals surface area contributed by atoms with Crippen LogP contribution in [-0.2, 0) is 13.0 Å². The maximum atomic E-state index is 6.08. The summed E-state index contributed by atoms with van der Waals surface area (Å²) >= 11 is 0. The minimum absolute atomic E-state index is 0.0761. The van der Waals surface area contributed by atoms with Crippen LogP contribution in [0.1, 0.15) is 45.9 Å². The Morgan fingerprint density at radius 2 is 1.95 bits per heavy atom. The second-order valence-corrected chi connectivity index (χ2v) is 6.03. The van der Waals surface area contributed by atoms with Crippen molar-refractivity contribution in [1.82, 2.24) is 5.32 Å². The molecular weight excluding hydrogens is 250 g/mol. The number of fused-ring (bicyclic) bond motifs is 1. The van der Waals surface area contributed by atoms with Crippen molar-refractivity contribution in [2.24, 2.45) is 0 Å². The summed E-state index contributed by atoms with van der Waals surface area (Å²) < 4.78 is 11.7. The second kappa shape index (κ2) is 5.88. The molecule has 3 nitrogen and oxygen atoms in total. The molecule has 0 saturated heterocycles. The van der Waals surface area contributed by atoms with Gasteiger partial charge in [0.1, 0.15) is 5.76 Å². The Kier molecular flexibility index (Phi) is 4.39. The average molecular weight is 275 g/mol. The lowest BCUT2D eigenvalue weighted by Crippen LogP contribution is -2.35.